The minimum absolute atomic E-state index is 0.179. The van der Waals surface area contributed by atoms with E-state index >= 15 is 0 Å². The molecule has 0 spiro atoms. The molecule has 0 bridgehead atoms. The number of nitrogens with two attached hydrogens (primary N) is 1. The Hall–Kier alpha value is -1.35. The van der Waals surface area contributed by atoms with E-state index in [1.54, 1.807) is 4.90 Å². The van der Waals surface area contributed by atoms with Crippen LogP contribution in [0, 0.1) is 0 Å². The maximum atomic E-state index is 11.7. The smallest absolute Gasteiger partial charge is 0.222 e. The summed E-state index contributed by atoms with van der Waals surface area (Å²) in [6.45, 7) is 3.48. The molecule has 0 aliphatic heterocycles. The highest BCUT2D eigenvalue weighted by Crippen LogP contribution is 2.15. The molecule has 0 heterocycles. The summed E-state index contributed by atoms with van der Waals surface area (Å²) in [6.07, 6.45) is 1.32. The molecule has 0 saturated heterocycles. The number of hydrogen-bond donors (Lipinski definition) is 1. The Morgan fingerprint density at radius 2 is 2.00 bits per heavy atom. The highest BCUT2D eigenvalue weighted by Gasteiger charge is 2.12. The second-order valence-corrected chi connectivity index (χ2v) is 4.48. The molecule has 0 radical (unpaired) electrons. The predicted molar refractivity (Wildman–Crippen MR) is 70.8 cm³/mol. The number of amides is 1. The van der Waals surface area contributed by atoms with Crippen LogP contribution in [0.3, 0.4) is 0 Å². The van der Waals surface area contributed by atoms with Gasteiger partial charge in [-0.25, -0.2) is 0 Å². The predicted octanol–water partition coefficient (Wildman–Crippen LogP) is 1.99. The lowest BCUT2D eigenvalue weighted by Crippen LogP contribution is -2.30. The van der Waals surface area contributed by atoms with Gasteiger partial charge in [0.05, 0.1) is 0 Å². The minimum Gasteiger partial charge on any atom is -0.345 e. The van der Waals surface area contributed by atoms with E-state index in [0.29, 0.717) is 18.9 Å². The van der Waals surface area contributed by atoms with E-state index < -0.39 is 0 Å². The first kappa shape index (κ1) is 13.7. The van der Waals surface area contributed by atoms with Crippen LogP contribution < -0.4 is 5.73 Å². The number of carbonyl (C=O) groups is 1. The molecule has 0 aliphatic rings. The number of carbonyl (C=O) groups excluding carboxylic acids is 1. The molecule has 94 valence electrons. The van der Waals surface area contributed by atoms with Crippen LogP contribution in [0.2, 0.25) is 0 Å². The lowest BCUT2D eigenvalue weighted by Gasteiger charge is -2.22. The Morgan fingerprint density at radius 3 is 2.59 bits per heavy atom. The zero-order valence-electron chi connectivity index (χ0n) is 10.7. The summed E-state index contributed by atoms with van der Waals surface area (Å²) in [5.74, 6) is 0.543. The van der Waals surface area contributed by atoms with Crippen LogP contribution in [0.1, 0.15) is 31.2 Å². The van der Waals surface area contributed by atoms with Crippen LogP contribution in [0.25, 0.3) is 0 Å². The molecule has 1 unspecified atom stereocenters. The molecule has 0 aromatic heterocycles. The summed E-state index contributed by atoms with van der Waals surface area (Å²) in [5.41, 5.74) is 6.67. The zero-order chi connectivity index (χ0) is 12.7. The van der Waals surface area contributed by atoms with Crippen LogP contribution in [-0.4, -0.2) is 30.9 Å². The average Bonchev–Trinajstić information content (AvgIpc) is 2.36. The molecule has 0 saturated carbocycles. The number of hydrogen-bond acceptors (Lipinski definition) is 2. The van der Waals surface area contributed by atoms with Crippen LogP contribution in [0.5, 0.6) is 0 Å². The monoisotopic (exact) mass is 234 g/mol. The van der Waals surface area contributed by atoms with Crippen molar-refractivity contribution in [1.29, 1.82) is 0 Å². The van der Waals surface area contributed by atoms with Gasteiger partial charge in [0.2, 0.25) is 5.91 Å². The number of rotatable bonds is 6. The molecule has 1 amide bonds. The normalized spacial score (nSPS) is 12.2. The number of likely N-dealkylation sites (N-methyl/N-ethyl adjacent to an activating group) is 1. The minimum atomic E-state index is 0.179. The Kier molecular flexibility index (Phi) is 5.70. The molecule has 1 rings (SSSR count). The van der Waals surface area contributed by atoms with Crippen molar-refractivity contribution in [3.05, 3.63) is 35.9 Å². The maximum Gasteiger partial charge on any atom is 0.222 e. The van der Waals surface area contributed by atoms with Crippen molar-refractivity contribution < 1.29 is 4.79 Å². The Bertz CT molecular complexity index is 337. The van der Waals surface area contributed by atoms with Crippen LogP contribution in [-0.2, 0) is 4.79 Å². The van der Waals surface area contributed by atoms with Gasteiger partial charge in [0.1, 0.15) is 0 Å². The number of benzene rings is 1. The summed E-state index contributed by atoms with van der Waals surface area (Å²) in [7, 11) is 1.86. The lowest BCUT2D eigenvalue weighted by molar-refractivity contribution is -0.130. The third-order valence-corrected chi connectivity index (χ3v) is 2.94. The Balaban J connectivity index is 2.45. The van der Waals surface area contributed by atoms with Gasteiger partial charge in [-0.3, -0.25) is 4.79 Å². The summed E-state index contributed by atoms with van der Waals surface area (Å²) >= 11 is 0. The van der Waals surface area contributed by atoms with Gasteiger partial charge in [-0.05, 0) is 24.4 Å². The van der Waals surface area contributed by atoms with Gasteiger partial charge in [-0.15, -0.1) is 0 Å². The van der Waals surface area contributed by atoms with Crippen molar-refractivity contribution in [2.45, 2.75) is 25.7 Å². The first-order chi connectivity index (χ1) is 8.15. The van der Waals surface area contributed by atoms with E-state index in [1.807, 2.05) is 25.2 Å². The van der Waals surface area contributed by atoms with Crippen molar-refractivity contribution in [1.82, 2.24) is 4.90 Å². The third kappa shape index (κ3) is 4.57. The molecule has 0 fully saturated rings. The molecule has 1 aromatic rings. The molecule has 2 N–H and O–H groups in total. The van der Waals surface area contributed by atoms with Crippen LogP contribution in [0.15, 0.2) is 30.3 Å². The van der Waals surface area contributed by atoms with E-state index in [9.17, 15) is 4.79 Å². The SMILES string of the molecule is CC(CN(C)C(=O)CCCN)c1ccccc1. The van der Waals surface area contributed by atoms with Gasteiger partial charge < -0.3 is 10.6 Å². The zero-order valence-corrected chi connectivity index (χ0v) is 10.7. The van der Waals surface area contributed by atoms with Gasteiger partial charge in [-0.1, -0.05) is 37.3 Å². The van der Waals surface area contributed by atoms with E-state index in [4.69, 9.17) is 5.73 Å². The van der Waals surface area contributed by atoms with Crippen molar-refractivity contribution in [3.8, 4) is 0 Å². The molecule has 0 aliphatic carbocycles. The quantitative estimate of drug-likeness (QED) is 0.818. The first-order valence-corrected chi connectivity index (χ1v) is 6.14. The van der Waals surface area contributed by atoms with Crippen LogP contribution >= 0.6 is 0 Å². The molecule has 1 atom stereocenters. The topological polar surface area (TPSA) is 46.3 Å². The second-order valence-electron chi connectivity index (χ2n) is 4.48. The fourth-order valence-electron chi connectivity index (χ4n) is 1.84. The highest BCUT2D eigenvalue weighted by molar-refractivity contribution is 5.75. The molecular formula is C14H22N2O. The number of nitrogens with zero attached hydrogens (tertiary/aromatic N) is 1. The standard InChI is InChI=1S/C14H22N2O/c1-12(13-7-4-3-5-8-13)11-16(2)14(17)9-6-10-15/h3-5,7-8,12H,6,9-11,15H2,1-2H3. The first-order valence-electron chi connectivity index (χ1n) is 6.14. The molecule has 17 heavy (non-hydrogen) atoms. The van der Waals surface area contributed by atoms with Crippen molar-refractivity contribution in [2.75, 3.05) is 20.1 Å². The summed E-state index contributed by atoms with van der Waals surface area (Å²) < 4.78 is 0. The van der Waals surface area contributed by atoms with E-state index in [-0.39, 0.29) is 5.91 Å². The van der Waals surface area contributed by atoms with Gasteiger partial charge in [-0.2, -0.15) is 0 Å². The van der Waals surface area contributed by atoms with Crippen molar-refractivity contribution in [3.63, 3.8) is 0 Å². The van der Waals surface area contributed by atoms with Gasteiger partial charge >= 0.3 is 0 Å². The largest absolute Gasteiger partial charge is 0.345 e. The van der Waals surface area contributed by atoms with Crippen molar-refractivity contribution in [2.24, 2.45) is 5.73 Å². The Morgan fingerprint density at radius 1 is 1.35 bits per heavy atom. The van der Waals surface area contributed by atoms with Gasteiger partial charge in [0, 0.05) is 20.0 Å². The van der Waals surface area contributed by atoms with Gasteiger partial charge in [0.15, 0.2) is 0 Å². The Labute approximate surface area is 104 Å². The van der Waals surface area contributed by atoms with E-state index in [1.165, 1.54) is 5.56 Å². The fourth-order valence-corrected chi connectivity index (χ4v) is 1.84. The second kappa shape index (κ2) is 7.07. The van der Waals surface area contributed by atoms with E-state index in [0.717, 1.165) is 13.0 Å². The molecule has 3 nitrogen and oxygen atoms in total. The third-order valence-electron chi connectivity index (χ3n) is 2.94. The summed E-state index contributed by atoms with van der Waals surface area (Å²) in [5, 5.41) is 0. The lowest BCUT2D eigenvalue weighted by atomic mass is 10.0. The molecular weight excluding hydrogens is 212 g/mol. The summed E-state index contributed by atoms with van der Waals surface area (Å²) in [4.78, 5) is 13.5. The van der Waals surface area contributed by atoms with Crippen molar-refractivity contribution >= 4 is 5.91 Å². The van der Waals surface area contributed by atoms with Gasteiger partial charge in [0.25, 0.3) is 0 Å². The average molecular weight is 234 g/mol. The summed E-state index contributed by atoms with van der Waals surface area (Å²) in [6, 6.07) is 10.3. The van der Waals surface area contributed by atoms with E-state index in [2.05, 4.69) is 19.1 Å². The molecule has 3 heteroatoms. The van der Waals surface area contributed by atoms with Crippen LogP contribution in [0.4, 0.5) is 0 Å². The maximum absolute atomic E-state index is 11.7. The molecule has 1 aromatic carbocycles. The fraction of sp³-hybridized carbons (Fsp3) is 0.500. The highest BCUT2D eigenvalue weighted by atomic mass is 16.2.